The summed E-state index contributed by atoms with van der Waals surface area (Å²) in [5.41, 5.74) is -0.858. The van der Waals surface area contributed by atoms with Crippen molar-refractivity contribution in [3.63, 3.8) is 0 Å². The fraction of sp³-hybridized carbons (Fsp3) is 0.125. The Balaban J connectivity index is 2.05. The number of esters is 1. The first kappa shape index (κ1) is 17.5. The van der Waals surface area contributed by atoms with Crippen LogP contribution >= 0.6 is 0 Å². The van der Waals surface area contributed by atoms with Crippen molar-refractivity contribution < 1.29 is 31.9 Å². The van der Waals surface area contributed by atoms with Gasteiger partial charge in [-0.2, -0.15) is 0 Å². The van der Waals surface area contributed by atoms with Crippen LogP contribution in [0.15, 0.2) is 36.4 Å². The molecule has 0 bridgehead atoms. The van der Waals surface area contributed by atoms with Crippen molar-refractivity contribution in [1.82, 2.24) is 0 Å². The van der Waals surface area contributed by atoms with Gasteiger partial charge in [0.2, 0.25) is 0 Å². The molecule has 0 radical (unpaired) electrons. The van der Waals surface area contributed by atoms with Crippen molar-refractivity contribution in [1.29, 1.82) is 0 Å². The fourth-order valence-electron chi connectivity index (χ4n) is 1.78. The van der Waals surface area contributed by atoms with Crippen LogP contribution in [0.4, 0.5) is 23.2 Å². The van der Waals surface area contributed by atoms with Crippen molar-refractivity contribution in [2.24, 2.45) is 0 Å². The lowest BCUT2D eigenvalue weighted by atomic mass is 10.2. The summed E-state index contributed by atoms with van der Waals surface area (Å²) in [7, 11) is 0. The van der Waals surface area contributed by atoms with Crippen LogP contribution in [0.25, 0.3) is 0 Å². The van der Waals surface area contributed by atoms with Gasteiger partial charge in [-0.05, 0) is 31.2 Å². The molecule has 8 heteroatoms. The van der Waals surface area contributed by atoms with E-state index in [0.717, 1.165) is 30.3 Å². The first-order chi connectivity index (χ1) is 11.3. The molecule has 0 spiro atoms. The normalized spacial score (nSPS) is 11.7. The molecule has 0 unspecified atom stereocenters. The molecular formula is C16H11F4NO3. The standard InChI is InChI=1S/C16H11F4NO3/c1-8(15(22)21-14-7-10(17)2-3-13(14)20)24-16(23)9-4-11(18)6-12(19)5-9/h2-8H,1H3,(H,21,22)/t8-/m0/s1. The number of carbonyl (C=O) groups excluding carboxylic acids is 2. The Labute approximate surface area is 134 Å². The summed E-state index contributed by atoms with van der Waals surface area (Å²) in [6, 6.07) is 4.48. The van der Waals surface area contributed by atoms with Gasteiger partial charge in [0.1, 0.15) is 23.3 Å². The largest absolute Gasteiger partial charge is 0.449 e. The van der Waals surface area contributed by atoms with E-state index in [9.17, 15) is 27.2 Å². The number of rotatable bonds is 4. The molecule has 0 aliphatic rings. The molecule has 2 rings (SSSR count). The van der Waals surface area contributed by atoms with Crippen LogP contribution in [0.1, 0.15) is 17.3 Å². The third-order valence-corrected chi connectivity index (χ3v) is 2.94. The zero-order valence-corrected chi connectivity index (χ0v) is 12.3. The minimum Gasteiger partial charge on any atom is -0.449 e. The van der Waals surface area contributed by atoms with Gasteiger partial charge in [0.25, 0.3) is 5.91 Å². The third-order valence-electron chi connectivity index (χ3n) is 2.94. The number of halogens is 4. The van der Waals surface area contributed by atoms with Crippen molar-refractivity contribution in [3.05, 3.63) is 65.2 Å². The lowest BCUT2D eigenvalue weighted by Crippen LogP contribution is -2.30. The minimum atomic E-state index is -1.41. The minimum absolute atomic E-state index is 0.427. The Kier molecular flexibility index (Phi) is 5.18. The van der Waals surface area contributed by atoms with Crippen LogP contribution in [-0.4, -0.2) is 18.0 Å². The first-order valence-electron chi connectivity index (χ1n) is 6.69. The molecule has 1 N–H and O–H groups in total. The zero-order valence-electron chi connectivity index (χ0n) is 12.3. The van der Waals surface area contributed by atoms with Crippen LogP contribution in [0.5, 0.6) is 0 Å². The third kappa shape index (κ3) is 4.31. The Morgan fingerprint density at radius 2 is 1.58 bits per heavy atom. The molecule has 1 amide bonds. The average molecular weight is 341 g/mol. The lowest BCUT2D eigenvalue weighted by molar-refractivity contribution is -0.123. The molecular weight excluding hydrogens is 330 g/mol. The fourth-order valence-corrected chi connectivity index (χ4v) is 1.78. The predicted octanol–water partition coefficient (Wildman–Crippen LogP) is 3.43. The molecule has 4 nitrogen and oxygen atoms in total. The number of anilines is 1. The van der Waals surface area contributed by atoms with Gasteiger partial charge in [0, 0.05) is 12.1 Å². The highest BCUT2D eigenvalue weighted by molar-refractivity contribution is 5.97. The maximum Gasteiger partial charge on any atom is 0.339 e. The van der Waals surface area contributed by atoms with Crippen molar-refractivity contribution in [3.8, 4) is 0 Å². The van der Waals surface area contributed by atoms with E-state index < -0.39 is 52.5 Å². The Morgan fingerprint density at radius 1 is 0.958 bits per heavy atom. The second-order valence-electron chi connectivity index (χ2n) is 4.82. The zero-order chi connectivity index (χ0) is 17.9. The van der Waals surface area contributed by atoms with E-state index in [4.69, 9.17) is 4.74 Å². The van der Waals surface area contributed by atoms with Gasteiger partial charge in [-0.25, -0.2) is 22.4 Å². The molecule has 126 valence electrons. The summed E-state index contributed by atoms with van der Waals surface area (Å²) in [4.78, 5) is 23.6. The van der Waals surface area contributed by atoms with Gasteiger partial charge in [-0.3, -0.25) is 4.79 Å². The van der Waals surface area contributed by atoms with E-state index in [1.54, 1.807) is 0 Å². The highest BCUT2D eigenvalue weighted by Crippen LogP contribution is 2.16. The van der Waals surface area contributed by atoms with E-state index in [-0.39, 0.29) is 0 Å². The molecule has 0 saturated carbocycles. The number of benzene rings is 2. The SMILES string of the molecule is C[C@H](OC(=O)c1cc(F)cc(F)c1)C(=O)Nc1cc(F)ccc1F. The van der Waals surface area contributed by atoms with Crippen LogP contribution in [-0.2, 0) is 9.53 Å². The van der Waals surface area contributed by atoms with Gasteiger partial charge in [0.15, 0.2) is 6.10 Å². The van der Waals surface area contributed by atoms with Gasteiger partial charge in [-0.15, -0.1) is 0 Å². The monoisotopic (exact) mass is 341 g/mol. The molecule has 0 fully saturated rings. The van der Waals surface area contributed by atoms with Crippen LogP contribution in [0, 0.1) is 23.3 Å². The van der Waals surface area contributed by atoms with E-state index >= 15 is 0 Å². The molecule has 2 aromatic rings. The number of amides is 1. The van der Waals surface area contributed by atoms with Gasteiger partial charge >= 0.3 is 5.97 Å². The maximum atomic E-state index is 13.4. The van der Waals surface area contributed by atoms with Gasteiger partial charge in [-0.1, -0.05) is 0 Å². The number of ether oxygens (including phenoxy) is 1. The number of hydrogen-bond acceptors (Lipinski definition) is 3. The summed E-state index contributed by atoms with van der Waals surface area (Å²) in [5.74, 6) is -5.70. The molecule has 0 aliphatic carbocycles. The molecule has 0 saturated heterocycles. The number of carbonyl (C=O) groups is 2. The Hall–Kier alpha value is -2.90. The van der Waals surface area contributed by atoms with Crippen molar-refractivity contribution in [2.75, 3.05) is 5.32 Å². The first-order valence-corrected chi connectivity index (χ1v) is 6.69. The average Bonchev–Trinajstić information content (AvgIpc) is 2.49. The molecule has 0 aromatic heterocycles. The molecule has 0 heterocycles. The Bertz CT molecular complexity index is 775. The molecule has 0 aliphatic heterocycles. The van der Waals surface area contributed by atoms with E-state index in [0.29, 0.717) is 6.07 Å². The summed E-state index contributed by atoms with van der Waals surface area (Å²) in [5, 5.41) is 2.05. The van der Waals surface area contributed by atoms with E-state index in [2.05, 4.69) is 5.32 Å². The van der Waals surface area contributed by atoms with Crippen molar-refractivity contribution >= 4 is 17.6 Å². The van der Waals surface area contributed by atoms with E-state index in [1.165, 1.54) is 6.92 Å². The van der Waals surface area contributed by atoms with Crippen molar-refractivity contribution in [2.45, 2.75) is 13.0 Å². The van der Waals surface area contributed by atoms with Crippen LogP contribution in [0.3, 0.4) is 0 Å². The summed E-state index contributed by atoms with van der Waals surface area (Å²) in [6.07, 6.45) is -1.41. The van der Waals surface area contributed by atoms with Gasteiger partial charge < -0.3 is 10.1 Å². The topological polar surface area (TPSA) is 55.4 Å². The summed E-state index contributed by atoms with van der Waals surface area (Å²) < 4.78 is 57.3. The summed E-state index contributed by atoms with van der Waals surface area (Å²) in [6.45, 7) is 1.17. The van der Waals surface area contributed by atoms with E-state index in [1.807, 2.05) is 0 Å². The second-order valence-corrected chi connectivity index (χ2v) is 4.82. The van der Waals surface area contributed by atoms with Crippen LogP contribution in [0.2, 0.25) is 0 Å². The smallest absolute Gasteiger partial charge is 0.339 e. The quantitative estimate of drug-likeness (QED) is 0.685. The maximum absolute atomic E-state index is 13.4. The molecule has 24 heavy (non-hydrogen) atoms. The number of hydrogen-bond donors (Lipinski definition) is 1. The van der Waals surface area contributed by atoms with Gasteiger partial charge in [0.05, 0.1) is 11.3 Å². The summed E-state index contributed by atoms with van der Waals surface area (Å²) >= 11 is 0. The lowest BCUT2D eigenvalue weighted by Gasteiger charge is -2.14. The second kappa shape index (κ2) is 7.12. The predicted molar refractivity (Wildman–Crippen MR) is 76.2 cm³/mol. The number of nitrogens with one attached hydrogen (secondary N) is 1. The Morgan fingerprint density at radius 3 is 2.21 bits per heavy atom. The highest BCUT2D eigenvalue weighted by Gasteiger charge is 2.21. The molecule has 2 aromatic carbocycles. The van der Waals surface area contributed by atoms with Crippen LogP contribution < -0.4 is 5.32 Å². The highest BCUT2D eigenvalue weighted by atomic mass is 19.1. The molecule has 1 atom stereocenters.